The highest BCUT2D eigenvalue weighted by atomic mass is 35.5. The van der Waals surface area contributed by atoms with E-state index in [0.717, 1.165) is 29.6 Å². The Kier molecular flexibility index (Phi) is 8.34. The van der Waals surface area contributed by atoms with Crippen LogP contribution >= 0.6 is 11.6 Å². The number of hydrogen-bond donors (Lipinski definition) is 1. The highest BCUT2D eigenvalue weighted by molar-refractivity contribution is 7.89. The van der Waals surface area contributed by atoms with Crippen LogP contribution in [-0.2, 0) is 19.6 Å². The van der Waals surface area contributed by atoms with Crippen molar-refractivity contribution in [2.45, 2.75) is 31.1 Å². The molecule has 0 saturated carbocycles. The van der Waals surface area contributed by atoms with Gasteiger partial charge in [0, 0.05) is 20.6 Å². The molecule has 0 saturated heterocycles. The molecular weight excluding hydrogens is 368 g/mol. The van der Waals surface area contributed by atoms with Crippen LogP contribution in [0.4, 0.5) is 0 Å². The van der Waals surface area contributed by atoms with E-state index in [1.54, 1.807) is 0 Å². The third-order valence-corrected chi connectivity index (χ3v) is 5.66. The molecule has 0 aliphatic rings. The van der Waals surface area contributed by atoms with Crippen molar-refractivity contribution in [3.63, 3.8) is 0 Å². The van der Waals surface area contributed by atoms with Crippen molar-refractivity contribution in [2.75, 3.05) is 27.2 Å². The van der Waals surface area contributed by atoms with Gasteiger partial charge in [-0.3, -0.25) is 4.79 Å². The molecule has 0 aliphatic heterocycles. The third-order valence-electron chi connectivity index (χ3n) is 3.36. The second-order valence-corrected chi connectivity index (χ2v) is 8.09. The summed E-state index contributed by atoms with van der Waals surface area (Å²) in [6.45, 7) is 2.15. The van der Waals surface area contributed by atoms with Gasteiger partial charge >= 0.3 is 5.97 Å². The molecule has 0 radical (unpaired) electrons. The van der Waals surface area contributed by atoms with E-state index in [2.05, 4.69) is 12.2 Å². The number of esters is 1. The van der Waals surface area contributed by atoms with Crippen molar-refractivity contribution in [3.8, 4) is 0 Å². The second kappa shape index (κ2) is 9.74. The summed E-state index contributed by atoms with van der Waals surface area (Å²) in [6, 6.07) is 3.79. The Morgan fingerprint density at radius 3 is 2.52 bits per heavy atom. The third kappa shape index (κ3) is 6.30. The van der Waals surface area contributed by atoms with Crippen LogP contribution in [0.3, 0.4) is 0 Å². The van der Waals surface area contributed by atoms with Crippen molar-refractivity contribution in [1.82, 2.24) is 9.62 Å². The zero-order valence-corrected chi connectivity index (χ0v) is 16.1. The molecule has 7 nitrogen and oxygen atoms in total. The maximum Gasteiger partial charge on any atom is 0.338 e. The number of halogens is 1. The molecule has 0 aromatic heterocycles. The second-order valence-electron chi connectivity index (χ2n) is 5.57. The molecule has 140 valence electrons. The number of nitrogens with zero attached hydrogens (tertiary/aromatic N) is 1. The van der Waals surface area contributed by atoms with Gasteiger partial charge in [0.15, 0.2) is 6.61 Å². The molecule has 0 fully saturated rings. The topological polar surface area (TPSA) is 92.8 Å². The minimum absolute atomic E-state index is 0.00100. The van der Waals surface area contributed by atoms with E-state index in [0.29, 0.717) is 6.54 Å². The number of rotatable bonds is 9. The van der Waals surface area contributed by atoms with Crippen LogP contribution in [0, 0.1) is 0 Å². The minimum atomic E-state index is -3.80. The summed E-state index contributed by atoms with van der Waals surface area (Å²) in [5, 5.41) is 2.64. The molecule has 1 amide bonds. The van der Waals surface area contributed by atoms with Gasteiger partial charge in [-0.2, -0.15) is 0 Å². The van der Waals surface area contributed by atoms with Crippen LogP contribution in [0.15, 0.2) is 23.1 Å². The Hall–Kier alpha value is -1.64. The first-order chi connectivity index (χ1) is 11.7. The Labute approximate surface area is 153 Å². The molecule has 0 spiro atoms. The lowest BCUT2D eigenvalue weighted by Gasteiger charge is -2.13. The summed E-state index contributed by atoms with van der Waals surface area (Å²) >= 11 is 5.92. The fourth-order valence-electron chi connectivity index (χ4n) is 1.89. The number of hydrogen-bond acceptors (Lipinski definition) is 5. The molecule has 0 atom stereocenters. The monoisotopic (exact) mass is 390 g/mol. The van der Waals surface area contributed by atoms with E-state index in [9.17, 15) is 18.0 Å². The van der Waals surface area contributed by atoms with E-state index in [4.69, 9.17) is 16.3 Å². The van der Waals surface area contributed by atoms with Crippen molar-refractivity contribution < 1.29 is 22.7 Å². The Morgan fingerprint density at radius 1 is 1.24 bits per heavy atom. The number of carbonyl (C=O) groups is 2. The molecule has 1 aromatic rings. The quantitative estimate of drug-likeness (QED) is 0.514. The van der Waals surface area contributed by atoms with Gasteiger partial charge in [-0.1, -0.05) is 31.4 Å². The molecule has 9 heteroatoms. The van der Waals surface area contributed by atoms with Crippen LogP contribution in [0.25, 0.3) is 0 Å². The van der Waals surface area contributed by atoms with Gasteiger partial charge in [-0.15, -0.1) is 0 Å². The number of sulfonamides is 1. The van der Waals surface area contributed by atoms with Gasteiger partial charge in [0.1, 0.15) is 4.90 Å². The van der Waals surface area contributed by atoms with Gasteiger partial charge in [0.05, 0.1) is 10.6 Å². The lowest BCUT2D eigenvalue weighted by molar-refractivity contribution is -0.124. The van der Waals surface area contributed by atoms with Crippen LogP contribution in [0.1, 0.15) is 36.5 Å². The first kappa shape index (κ1) is 21.4. The predicted molar refractivity (Wildman–Crippen MR) is 95.1 cm³/mol. The molecule has 0 unspecified atom stereocenters. The van der Waals surface area contributed by atoms with E-state index >= 15 is 0 Å². The number of ether oxygens (including phenoxy) is 1. The number of carbonyl (C=O) groups excluding carboxylic acids is 2. The normalized spacial score (nSPS) is 11.4. The van der Waals surface area contributed by atoms with Gasteiger partial charge in [0.25, 0.3) is 5.91 Å². The van der Waals surface area contributed by atoms with E-state index in [-0.39, 0.29) is 15.5 Å². The zero-order valence-electron chi connectivity index (χ0n) is 14.5. The van der Waals surface area contributed by atoms with Crippen LogP contribution < -0.4 is 5.32 Å². The Morgan fingerprint density at radius 2 is 1.92 bits per heavy atom. The van der Waals surface area contributed by atoms with Crippen LogP contribution in [-0.4, -0.2) is 51.8 Å². The summed E-state index contributed by atoms with van der Waals surface area (Å²) in [4.78, 5) is 23.4. The number of unbranched alkanes of at least 4 members (excludes halogenated alkanes) is 2. The Balaban J connectivity index is 2.72. The average molecular weight is 391 g/mol. The van der Waals surface area contributed by atoms with Gasteiger partial charge in [0.2, 0.25) is 10.0 Å². The van der Waals surface area contributed by atoms with Gasteiger partial charge in [-0.25, -0.2) is 17.5 Å². The first-order valence-electron chi connectivity index (χ1n) is 7.86. The number of nitrogens with one attached hydrogen (secondary N) is 1. The van der Waals surface area contributed by atoms with Crippen molar-refractivity contribution in [2.24, 2.45) is 0 Å². The highest BCUT2D eigenvalue weighted by Gasteiger charge is 2.23. The fourth-order valence-corrected chi connectivity index (χ4v) is 3.29. The molecule has 1 aromatic carbocycles. The molecule has 1 N–H and O–H groups in total. The summed E-state index contributed by atoms with van der Waals surface area (Å²) in [7, 11) is -1.08. The molecule has 0 aliphatic carbocycles. The number of amides is 1. The summed E-state index contributed by atoms with van der Waals surface area (Å²) < 4.78 is 30.3. The van der Waals surface area contributed by atoms with Crippen molar-refractivity contribution >= 4 is 33.5 Å². The molecular formula is C16H23ClN2O5S. The summed E-state index contributed by atoms with van der Waals surface area (Å²) in [5.41, 5.74) is 0.00334. The molecule has 0 heterocycles. The molecule has 0 bridgehead atoms. The maximum absolute atomic E-state index is 12.2. The van der Waals surface area contributed by atoms with Crippen molar-refractivity contribution in [3.05, 3.63) is 28.8 Å². The average Bonchev–Trinajstić information content (AvgIpc) is 2.56. The minimum Gasteiger partial charge on any atom is -0.452 e. The van der Waals surface area contributed by atoms with Crippen LogP contribution in [0.5, 0.6) is 0 Å². The maximum atomic E-state index is 12.2. The summed E-state index contributed by atoms with van der Waals surface area (Å²) in [6.07, 6.45) is 2.91. The SMILES string of the molecule is CCCCCNC(=O)COC(=O)c1ccc(Cl)c(S(=O)(=O)N(C)C)c1. The van der Waals surface area contributed by atoms with Gasteiger partial charge < -0.3 is 10.1 Å². The lowest BCUT2D eigenvalue weighted by Crippen LogP contribution is -2.29. The fraction of sp³-hybridized carbons (Fsp3) is 0.500. The van der Waals surface area contributed by atoms with Gasteiger partial charge in [-0.05, 0) is 24.6 Å². The largest absolute Gasteiger partial charge is 0.452 e. The van der Waals surface area contributed by atoms with E-state index in [1.807, 2.05) is 0 Å². The molecule has 1 rings (SSSR count). The standard InChI is InChI=1S/C16H23ClN2O5S/c1-4-5-6-9-18-15(20)11-24-16(21)12-7-8-13(17)14(10-12)25(22,23)19(2)3/h7-8,10H,4-6,9,11H2,1-3H3,(H,18,20). The van der Waals surface area contributed by atoms with E-state index in [1.165, 1.54) is 26.2 Å². The smallest absolute Gasteiger partial charge is 0.338 e. The first-order valence-corrected chi connectivity index (χ1v) is 9.67. The zero-order chi connectivity index (χ0) is 19.0. The van der Waals surface area contributed by atoms with Crippen LogP contribution in [0.2, 0.25) is 5.02 Å². The highest BCUT2D eigenvalue weighted by Crippen LogP contribution is 2.25. The predicted octanol–water partition coefficient (Wildman–Crippen LogP) is 2.05. The summed E-state index contributed by atoms with van der Waals surface area (Å²) in [5.74, 6) is -1.20. The van der Waals surface area contributed by atoms with Crippen molar-refractivity contribution in [1.29, 1.82) is 0 Å². The van der Waals surface area contributed by atoms with E-state index < -0.39 is 28.5 Å². The number of benzene rings is 1. The Bertz CT molecular complexity index is 719. The lowest BCUT2D eigenvalue weighted by atomic mass is 10.2. The molecule has 25 heavy (non-hydrogen) atoms.